The van der Waals surface area contributed by atoms with Gasteiger partial charge in [0.05, 0.1) is 0 Å². The molecule has 2 rings (SSSR count). The minimum absolute atomic E-state index is 0.0948. The summed E-state index contributed by atoms with van der Waals surface area (Å²) in [4.78, 5) is 0. The third-order valence-corrected chi connectivity index (χ3v) is 3.48. The van der Waals surface area contributed by atoms with E-state index in [9.17, 15) is 8.78 Å². The Kier molecular flexibility index (Phi) is 4.53. The monoisotopic (exact) mass is 254 g/mol. The maximum Gasteiger partial charge on any atom is 0.263 e. The van der Waals surface area contributed by atoms with Gasteiger partial charge in [-0.05, 0) is 56.5 Å². The van der Waals surface area contributed by atoms with E-state index in [0.717, 1.165) is 30.9 Å². The second-order valence-corrected chi connectivity index (χ2v) is 4.97. The third-order valence-electron chi connectivity index (χ3n) is 3.48. The van der Waals surface area contributed by atoms with Crippen molar-refractivity contribution in [2.24, 2.45) is 5.92 Å². The van der Waals surface area contributed by atoms with E-state index < -0.39 is 6.43 Å². The number of nitrogens with one attached hydrogen (secondary N) is 2. The van der Waals surface area contributed by atoms with Crippen LogP contribution < -0.4 is 10.6 Å². The molecule has 1 aromatic carbocycles. The predicted molar refractivity (Wildman–Crippen MR) is 70.2 cm³/mol. The standard InChI is InChI=1S/C14H20F2N2/c1-10-7-12(14(15)16)4-5-13(10)18-9-11-3-2-6-17-8-11/h4-5,7,11,14,17-18H,2-3,6,8-9H2,1H3. The summed E-state index contributed by atoms with van der Waals surface area (Å²) in [5, 5.41) is 6.73. The Hall–Kier alpha value is -1.16. The van der Waals surface area contributed by atoms with Gasteiger partial charge in [-0.15, -0.1) is 0 Å². The van der Waals surface area contributed by atoms with Gasteiger partial charge in [-0.3, -0.25) is 0 Å². The summed E-state index contributed by atoms with van der Waals surface area (Å²) in [6, 6.07) is 4.82. The maximum absolute atomic E-state index is 12.5. The molecule has 0 saturated carbocycles. The average Bonchev–Trinajstić information content (AvgIpc) is 2.38. The molecule has 18 heavy (non-hydrogen) atoms. The lowest BCUT2D eigenvalue weighted by atomic mass is 9.99. The Morgan fingerprint density at radius 3 is 2.89 bits per heavy atom. The number of piperidine rings is 1. The molecule has 2 nitrogen and oxygen atoms in total. The van der Waals surface area contributed by atoms with Crippen LogP contribution in [-0.4, -0.2) is 19.6 Å². The average molecular weight is 254 g/mol. The van der Waals surface area contributed by atoms with Crippen LogP contribution in [-0.2, 0) is 0 Å². The van der Waals surface area contributed by atoms with Crippen molar-refractivity contribution in [3.05, 3.63) is 29.3 Å². The van der Waals surface area contributed by atoms with E-state index in [1.807, 2.05) is 6.92 Å². The van der Waals surface area contributed by atoms with Crippen molar-refractivity contribution in [2.75, 3.05) is 25.0 Å². The van der Waals surface area contributed by atoms with Gasteiger partial charge >= 0.3 is 0 Å². The molecule has 2 N–H and O–H groups in total. The first-order valence-electron chi connectivity index (χ1n) is 6.50. The van der Waals surface area contributed by atoms with Crippen LogP contribution in [0.15, 0.2) is 18.2 Å². The topological polar surface area (TPSA) is 24.1 Å². The van der Waals surface area contributed by atoms with Crippen LogP contribution in [0.2, 0.25) is 0 Å². The zero-order chi connectivity index (χ0) is 13.0. The Morgan fingerprint density at radius 1 is 1.44 bits per heavy atom. The quantitative estimate of drug-likeness (QED) is 0.861. The third kappa shape index (κ3) is 3.42. The summed E-state index contributed by atoms with van der Waals surface area (Å²) in [5.41, 5.74) is 1.94. The highest BCUT2D eigenvalue weighted by Gasteiger charge is 2.13. The minimum Gasteiger partial charge on any atom is -0.385 e. The van der Waals surface area contributed by atoms with Gasteiger partial charge in [-0.1, -0.05) is 6.07 Å². The highest BCUT2D eigenvalue weighted by Crippen LogP contribution is 2.24. The normalized spacial score (nSPS) is 20.1. The van der Waals surface area contributed by atoms with Gasteiger partial charge in [-0.25, -0.2) is 8.78 Å². The summed E-state index contributed by atoms with van der Waals surface area (Å²) in [6.45, 7) is 4.93. The van der Waals surface area contributed by atoms with Crippen molar-refractivity contribution in [1.29, 1.82) is 0 Å². The van der Waals surface area contributed by atoms with Gasteiger partial charge < -0.3 is 10.6 Å². The van der Waals surface area contributed by atoms with E-state index in [1.165, 1.54) is 18.9 Å². The molecular formula is C14H20F2N2. The van der Waals surface area contributed by atoms with Crippen molar-refractivity contribution in [2.45, 2.75) is 26.2 Å². The fourth-order valence-corrected chi connectivity index (χ4v) is 2.37. The first kappa shape index (κ1) is 13.3. The SMILES string of the molecule is Cc1cc(C(F)F)ccc1NCC1CCCNC1. The molecule has 1 atom stereocenters. The fraction of sp³-hybridized carbons (Fsp3) is 0.571. The fourth-order valence-electron chi connectivity index (χ4n) is 2.37. The number of hydrogen-bond acceptors (Lipinski definition) is 2. The summed E-state index contributed by atoms with van der Waals surface area (Å²) in [7, 11) is 0. The van der Waals surface area contributed by atoms with Crippen LogP contribution in [0.25, 0.3) is 0 Å². The van der Waals surface area contributed by atoms with Crippen LogP contribution in [0.1, 0.15) is 30.4 Å². The largest absolute Gasteiger partial charge is 0.385 e. The molecule has 1 aromatic rings. The number of aryl methyl sites for hydroxylation is 1. The lowest BCUT2D eigenvalue weighted by molar-refractivity contribution is 0.151. The molecule has 100 valence electrons. The summed E-state index contributed by atoms with van der Waals surface area (Å²) < 4.78 is 25.1. The molecule has 1 saturated heterocycles. The smallest absolute Gasteiger partial charge is 0.263 e. The Bertz CT molecular complexity index is 387. The Morgan fingerprint density at radius 2 is 2.28 bits per heavy atom. The summed E-state index contributed by atoms with van der Waals surface area (Å²) >= 11 is 0. The highest BCUT2D eigenvalue weighted by molar-refractivity contribution is 5.52. The number of anilines is 1. The van der Waals surface area contributed by atoms with Gasteiger partial charge in [0, 0.05) is 17.8 Å². The molecule has 4 heteroatoms. The predicted octanol–water partition coefficient (Wildman–Crippen LogP) is 3.34. The van der Waals surface area contributed by atoms with E-state index in [0.29, 0.717) is 5.92 Å². The van der Waals surface area contributed by atoms with Gasteiger partial charge in [-0.2, -0.15) is 0 Å². The van der Waals surface area contributed by atoms with E-state index in [2.05, 4.69) is 10.6 Å². The van der Waals surface area contributed by atoms with Gasteiger partial charge in [0.2, 0.25) is 0 Å². The Balaban J connectivity index is 1.92. The summed E-state index contributed by atoms with van der Waals surface area (Å²) in [5.74, 6) is 0.632. The molecule has 0 radical (unpaired) electrons. The molecule has 0 amide bonds. The lowest BCUT2D eigenvalue weighted by Crippen LogP contribution is -2.33. The number of halogens is 2. The molecule has 0 spiro atoms. The molecule has 0 aliphatic carbocycles. The van der Waals surface area contributed by atoms with Crippen molar-refractivity contribution < 1.29 is 8.78 Å². The maximum atomic E-state index is 12.5. The van der Waals surface area contributed by atoms with Gasteiger partial charge in [0.25, 0.3) is 6.43 Å². The second-order valence-electron chi connectivity index (χ2n) is 4.97. The minimum atomic E-state index is -2.39. The van der Waals surface area contributed by atoms with E-state index >= 15 is 0 Å². The van der Waals surface area contributed by atoms with E-state index in [1.54, 1.807) is 12.1 Å². The lowest BCUT2D eigenvalue weighted by Gasteiger charge is -2.23. The molecule has 0 bridgehead atoms. The van der Waals surface area contributed by atoms with Crippen LogP contribution in [0.5, 0.6) is 0 Å². The molecule has 1 aliphatic heterocycles. The van der Waals surface area contributed by atoms with Crippen molar-refractivity contribution in [3.63, 3.8) is 0 Å². The highest BCUT2D eigenvalue weighted by atomic mass is 19.3. The zero-order valence-corrected chi connectivity index (χ0v) is 10.7. The molecule has 1 heterocycles. The van der Waals surface area contributed by atoms with Gasteiger partial charge in [0.15, 0.2) is 0 Å². The molecule has 0 aromatic heterocycles. The molecular weight excluding hydrogens is 234 g/mol. The van der Waals surface area contributed by atoms with E-state index in [4.69, 9.17) is 0 Å². The number of benzene rings is 1. The zero-order valence-electron chi connectivity index (χ0n) is 10.7. The van der Waals surface area contributed by atoms with Crippen LogP contribution >= 0.6 is 0 Å². The molecule has 1 fully saturated rings. The molecule has 1 aliphatic rings. The van der Waals surface area contributed by atoms with Crippen LogP contribution in [0, 0.1) is 12.8 Å². The van der Waals surface area contributed by atoms with E-state index in [-0.39, 0.29) is 5.56 Å². The molecule has 1 unspecified atom stereocenters. The second kappa shape index (κ2) is 6.14. The van der Waals surface area contributed by atoms with Gasteiger partial charge in [0.1, 0.15) is 0 Å². The number of rotatable bonds is 4. The number of hydrogen-bond donors (Lipinski definition) is 2. The van der Waals surface area contributed by atoms with Crippen molar-refractivity contribution in [1.82, 2.24) is 5.32 Å². The first-order valence-corrected chi connectivity index (χ1v) is 6.50. The number of alkyl halides is 2. The van der Waals surface area contributed by atoms with Crippen molar-refractivity contribution in [3.8, 4) is 0 Å². The van der Waals surface area contributed by atoms with Crippen molar-refractivity contribution >= 4 is 5.69 Å². The summed E-state index contributed by atoms with van der Waals surface area (Å²) in [6.07, 6.45) is 0.0596. The van der Waals surface area contributed by atoms with Crippen LogP contribution in [0.4, 0.5) is 14.5 Å². The first-order chi connectivity index (χ1) is 8.66. The Labute approximate surface area is 107 Å². The van der Waals surface area contributed by atoms with Crippen LogP contribution in [0.3, 0.4) is 0 Å².